The van der Waals surface area contributed by atoms with E-state index < -0.39 is 5.91 Å². The first-order valence-electron chi connectivity index (χ1n) is 9.39. The van der Waals surface area contributed by atoms with Gasteiger partial charge in [-0.3, -0.25) is 9.59 Å². The molecule has 0 saturated heterocycles. The number of halogens is 1. The van der Waals surface area contributed by atoms with Crippen LogP contribution in [0.25, 0.3) is 0 Å². The number of phenols is 1. The van der Waals surface area contributed by atoms with Gasteiger partial charge in [-0.2, -0.15) is 5.10 Å². The number of amides is 2. The molecule has 0 aliphatic rings. The van der Waals surface area contributed by atoms with E-state index in [1.54, 1.807) is 42.5 Å². The predicted molar refractivity (Wildman–Crippen MR) is 118 cm³/mol. The molecule has 2 aromatic carbocycles. The summed E-state index contributed by atoms with van der Waals surface area (Å²) in [5.74, 6) is -0.307. The fraction of sp³-hybridized carbons (Fsp3) is 0.227. The van der Waals surface area contributed by atoms with Gasteiger partial charge in [0.05, 0.1) is 12.8 Å². The number of nitrogens with zero attached hydrogens (tertiary/aromatic N) is 1. The molecule has 3 N–H and O–H groups in total. The van der Waals surface area contributed by atoms with Crippen LogP contribution in [0.1, 0.15) is 30.9 Å². The summed E-state index contributed by atoms with van der Waals surface area (Å²) in [4.78, 5) is 23.9. The number of allylic oxidation sites excluding steroid dienone is 1. The standard InChI is InChI=1S/C22H24ClN3O4/c1-3-6-16-11-15(12-19(22(16)29)30-4-2)14-24-26-21(28)10-9-20(27)25-18-8-5-7-17(23)13-18/h3,5,7-8,11-14,29H,1,4,6,9-10H2,2H3,(H,25,27)(H,26,28). The highest BCUT2D eigenvalue weighted by Gasteiger charge is 2.10. The molecule has 0 spiro atoms. The van der Waals surface area contributed by atoms with Gasteiger partial charge in [-0.15, -0.1) is 6.58 Å². The van der Waals surface area contributed by atoms with E-state index in [0.717, 1.165) is 0 Å². The number of nitrogens with one attached hydrogen (secondary N) is 2. The summed E-state index contributed by atoms with van der Waals surface area (Å²) in [5, 5.41) is 17.3. The van der Waals surface area contributed by atoms with Crippen molar-refractivity contribution in [2.45, 2.75) is 26.2 Å². The van der Waals surface area contributed by atoms with E-state index in [0.29, 0.717) is 40.6 Å². The molecule has 8 heteroatoms. The molecular weight excluding hydrogens is 406 g/mol. The lowest BCUT2D eigenvalue weighted by molar-refractivity contribution is -0.124. The average molecular weight is 430 g/mol. The molecule has 2 aromatic rings. The Morgan fingerprint density at radius 3 is 2.70 bits per heavy atom. The van der Waals surface area contributed by atoms with Crippen molar-refractivity contribution >= 4 is 35.3 Å². The number of hydrazone groups is 1. The topological polar surface area (TPSA) is 100 Å². The molecule has 0 unspecified atom stereocenters. The first-order valence-corrected chi connectivity index (χ1v) is 9.77. The molecule has 0 heterocycles. The number of aromatic hydroxyl groups is 1. The zero-order valence-corrected chi connectivity index (χ0v) is 17.4. The van der Waals surface area contributed by atoms with Crippen LogP contribution in [-0.2, 0) is 16.0 Å². The molecule has 0 aliphatic carbocycles. The molecule has 0 fully saturated rings. The van der Waals surface area contributed by atoms with Crippen LogP contribution >= 0.6 is 11.6 Å². The predicted octanol–water partition coefficient (Wildman–Crippen LogP) is 4.04. The van der Waals surface area contributed by atoms with Gasteiger partial charge < -0.3 is 15.2 Å². The summed E-state index contributed by atoms with van der Waals surface area (Å²) in [6, 6.07) is 10.1. The van der Waals surface area contributed by atoms with Crippen molar-refractivity contribution in [3.8, 4) is 11.5 Å². The second-order valence-corrected chi connectivity index (χ2v) is 6.74. The minimum Gasteiger partial charge on any atom is -0.504 e. The molecular formula is C22H24ClN3O4. The SMILES string of the molecule is C=CCc1cc(C=NNC(=O)CCC(=O)Nc2cccc(Cl)c2)cc(OCC)c1O. The normalized spacial score (nSPS) is 10.6. The highest BCUT2D eigenvalue weighted by molar-refractivity contribution is 6.30. The third-order valence-corrected chi connectivity index (χ3v) is 4.17. The summed E-state index contributed by atoms with van der Waals surface area (Å²) in [5.41, 5.74) is 4.24. The number of carbonyl (C=O) groups excluding carboxylic acids is 2. The van der Waals surface area contributed by atoms with Gasteiger partial charge in [0.1, 0.15) is 0 Å². The van der Waals surface area contributed by atoms with Crippen molar-refractivity contribution < 1.29 is 19.4 Å². The highest BCUT2D eigenvalue weighted by Crippen LogP contribution is 2.31. The quantitative estimate of drug-likeness (QED) is 0.301. The van der Waals surface area contributed by atoms with Gasteiger partial charge in [-0.25, -0.2) is 5.43 Å². The molecule has 0 saturated carbocycles. The Balaban J connectivity index is 1.89. The van der Waals surface area contributed by atoms with Crippen molar-refractivity contribution in [1.29, 1.82) is 0 Å². The van der Waals surface area contributed by atoms with E-state index >= 15 is 0 Å². The number of anilines is 1. The highest BCUT2D eigenvalue weighted by atomic mass is 35.5. The van der Waals surface area contributed by atoms with Crippen LogP contribution in [0.4, 0.5) is 5.69 Å². The number of rotatable bonds is 10. The van der Waals surface area contributed by atoms with Crippen molar-refractivity contribution in [3.05, 3.63) is 65.2 Å². The van der Waals surface area contributed by atoms with Gasteiger partial charge in [0.15, 0.2) is 11.5 Å². The fourth-order valence-electron chi connectivity index (χ4n) is 2.59. The summed E-state index contributed by atoms with van der Waals surface area (Å²) in [6.07, 6.45) is 3.55. The van der Waals surface area contributed by atoms with Gasteiger partial charge in [-0.05, 0) is 49.2 Å². The Bertz CT molecular complexity index is 944. The van der Waals surface area contributed by atoms with Gasteiger partial charge >= 0.3 is 0 Å². The van der Waals surface area contributed by atoms with Crippen LogP contribution in [0.3, 0.4) is 0 Å². The summed E-state index contributed by atoms with van der Waals surface area (Å²) < 4.78 is 5.43. The van der Waals surface area contributed by atoms with Gasteiger partial charge in [-0.1, -0.05) is 23.7 Å². The first kappa shape index (κ1) is 23.0. The molecule has 0 radical (unpaired) electrons. The average Bonchev–Trinajstić information content (AvgIpc) is 2.70. The minimum atomic E-state index is -0.400. The van der Waals surface area contributed by atoms with Crippen LogP contribution in [0.5, 0.6) is 11.5 Å². The monoisotopic (exact) mass is 429 g/mol. The fourth-order valence-corrected chi connectivity index (χ4v) is 2.78. The number of hydrogen-bond acceptors (Lipinski definition) is 5. The van der Waals surface area contributed by atoms with E-state index in [1.165, 1.54) is 6.21 Å². The lowest BCUT2D eigenvalue weighted by Gasteiger charge is -2.10. The van der Waals surface area contributed by atoms with Gasteiger partial charge in [0.25, 0.3) is 0 Å². The summed E-state index contributed by atoms with van der Waals surface area (Å²) >= 11 is 5.87. The lowest BCUT2D eigenvalue weighted by Crippen LogP contribution is -2.20. The molecule has 0 bridgehead atoms. The van der Waals surface area contributed by atoms with E-state index in [-0.39, 0.29) is 24.5 Å². The van der Waals surface area contributed by atoms with E-state index in [9.17, 15) is 14.7 Å². The van der Waals surface area contributed by atoms with Crippen LogP contribution in [0.15, 0.2) is 54.2 Å². The van der Waals surface area contributed by atoms with Crippen LogP contribution in [0.2, 0.25) is 5.02 Å². The van der Waals surface area contributed by atoms with Crippen LogP contribution in [0, 0.1) is 0 Å². The molecule has 158 valence electrons. The maximum atomic E-state index is 11.9. The number of hydrogen-bond donors (Lipinski definition) is 3. The molecule has 0 aromatic heterocycles. The third-order valence-electron chi connectivity index (χ3n) is 3.93. The van der Waals surface area contributed by atoms with Crippen molar-refractivity contribution in [3.63, 3.8) is 0 Å². The zero-order chi connectivity index (χ0) is 21.9. The maximum absolute atomic E-state index is 11.9. The maximum Gasteiger partial charge on any atom is 0.240 e. The Hall–Kier alpha value is -3.32. The Labute approximate surface area is 180 Å². The van der Waals surface area contributed by atoms with Crippen molar-refractivity contribution in [2.75, 3.05) is 11.9 Å². The molecule has 0 atom stereocenters. The number of carbonyl (C=O) groups is 2. The van der Waals surface area contributed by atoms with E-state index in [2.05, 4.69) is 22.4 Å². The smallest absolute Gasteiger partial charge is 0.240 e. The van der Waals surface area contributed by atoms with Crippen LogP contribution < -0.4 is 15.5 Å². The van der Waals surface area contributed by atoms with Crippen LogP contribution in [-0.4, -0.2) is 29.7 Å². The molecule has 0 aliphatic heterocycles. The summed E-state index contributed by atoms with van der Waals surface area (Å²) in [7, 11) is 0. The first-order chi connectivity index (χ1) is 14.4. The van der Waals surface area contributed by atoms with E-state index in [1.807, 2.05) is 6.92 Å². The largest absolute Gasteiger partial charge is 0.504 e. The number of ether oxygens (including phenoxy) is 1. The Morgan fingerprint density at radius 1 is 1.23 bits per heavy atom. The van der Waals surface area contributed by atoms with Gasteiger partial charge in [0.2, 0.25) is 11.8 Å². The summed E-state index contributed by atoms with van der Waals surface area (Å²) in [6.45, 7) is 5.89. The van der Waals surface area contributed by atoms with E-state index in [4.69, 9.17) is 16.3 Å². The number of phenolic OH excluding ortho intramolecular Hbond substituents is 1. The molecule has 7 nitrogen and oxygen atoms in total. The second kappa shape index (κ2) is 11.6. The molecule has 2 amide bonds. The molecule has 2 rings (SSSR count). The zero-order valence-electron chi connectivity index (χ0n) is 16.7. The van der Waals surface area contributed by atoms with Gasteiger partial charge in [0, 0.05) is 29.1 Å². The van der Waals surface area contributed by atoms with Crippen molar-refractivity contribution in [2.24, 2.45) is 5.10 Å². The molecule has 30 heavy (non-hydrogen) atoms. The Morgan fingerprint density at radius 2 is 2.00 bits per heavy atom. The Kier molecular flexibility index (Phi) is 8.90. The third kappa shape index (κ3) is 7.25. The number of benzene rings is 2. The second-order valence-electron chi connectivity index (χ2n) is 6.30. The minimum absolute atomic E-state index is 0.00501. The lowest BCUT2D eigenvalue weighted by atomic mass is 10.1. The van der Waals surface area contributed by atoms with Crippen molar-refractivity contribution in [1.82, 2.24) is 5.43 Å².